The van der Waals surface area contributed by atoms with Crippen LogP contribution in [0.5, 0.6) is 0 Å². The highest BCUT2D eigenvalue weighted by Gasteiger charge is 2.41. The molecule has 3 aliphatic heterocycles. The summed E-state index contributed by atoms with van der Waals surface area (Å²) in [5, 5.41) is 33.3. The summed E-state index contributed by atoms with van der Waals surface area (Å²) in [6.07, 6.45) is 5.86. The number of hydrogen-bond donors (Lipinski definition) is 4. The molecule has 12 heteroatoms. The van der Waals surface area contributed by atoms with Gasteiger partial charge in [0.15, 0.2) is 12.1 Å². The Morgan fingerprint density at radius 3 is 2.41 bits per heavy atom. The van der Waals surface area contributed by atoms with Crippen LogP contribution in [0.1, 0.15) is 127 Å². The predicted molar refractivity (Wildman–Crippen MR) is 205 cm³/mol. The van der Waals surface area contributed by atoms with Crippen LogP contribution in [0.3, 0.4) is 0 Å². The van der Waals surface area contributed by atoms with Crippen LogP contribution < -0.4 is 5.73 Å². The van der Waals surface area contributed by atoms with E-state index < -0.39 is 66.7 Å². The van der Waals surface area contributed by atoms with Gasteiger partial charge in [-0.3, -0.25) is 9.59 Å². The first-order valence-corrected chi connectivity index (χ1v) is 20.1. The van der Waals surface area contributed by atoms with E-state index in [2.05, 4.69) is 19.1 Å². The fraction of sp³-hybridized carbons (Fsp3) is 0.786. The largest absolute Gasteiger partial charge is 0.462 e. The maximum atomic E-state index is 13.7. The highest BCUT2D eigenvalue weighted by Crippen LogP contribution is 2.36. The molecule has 0 radical (unpaired) electrons. The van der Waals surface area contributed by atoms with E-state index in [4.69, 9.17) is 29.4 Å². The molecule has 1 amide bonds. The van der Waals surface area contributed by atoms with Crippen molar-refractivity contribution in [3.05, 3.63) is 35.5 Å². The molecule has 0 aromatic carbocycles. The van der Waals surface area contributed by atoms with Crippen LogP contribution in [0.25, 0.3) is 0 Å². The number of ketones is 1. The van der Waals surface area contributed by atoms with Crippen molar-refractivity contribution in [2.24, 2.45) is 35.3 Å². The van der Waals surface area contributed by atoms with Crippen LogP contribution >= 0.6 is 0 Å². The number of Topliss-reactive ketones (excluding diaryl/α,β-unsaturated/α-hetero) is 1. The number of hydrogen-bond acceptors (Lipinski definition) is 11. The molecule has 0 aromatic heterocycles. The fourth-order valence-electron chi connectivity index (χ4n) is 8.38. The zero-order valence-corrected chi connectivity index (χ0v) is 34.1. The van der Waals surface area contributed by atoms with E-state index in [9.17, 15) is 29.7 Å². The number of fused-ring (bicyclic) bond motifs is 2. The molecule has 12 nitrogen and oxygen atoms in total. The van der Waals surface area contributed by atoms with Crippen molar-refractivity contribution < 1.29 is 53.4 Å². The molecule has 14 atom stereocenters. The van der Waals surface area contributed by atoms with E-state index in [0.717, 1.165) is 17.6 Å². The number of esters is 1. The van der Waals surface area contributed by atoms with Crippen molar-refractivity contribution in [1.82, 2.24) is 0 Å². The van der Waals surface area contributed by atoms with E-state index in [-0.39, 0.29) is 54.8 Å². The van der Waals surface area contributed by atoms with Gasteiger partial charge in [-0.25, -0.2) is 4.79 Å². The van der Waals surface area contributed by atoms with Gasteiger partial charge in [-0.05, 0) is 94.1 Å². The average Bonchev–Trinajstić information content (AvgIpc) is 3.10. The van der Waals surface area contributed by atoms with Crippen LogP contribution in [0.15, 0.2) is 35.5 Å². The SMILES string of the molecule is CCC(=O)[C@@H](CC)[C@@H](O)[C@H](C)C[C@@H](C)[C@H]1OC(=O)C[C@@]2(O)CC=C(C)[C@H](O2)/C(C)=C/CCC[C@@H](O[C@H]2C[C@@H](OC(N)=O)[C@H](O)[C@@H](C)O2)C=C[C@H](C)C[C@H]1C. The quantitative estimate of drug-likeness (QED) is 0.134. The molecule has 308 valence electrons. The molecule has 1 saturated heterocycles. The van der Waals surface area contributed by atoms with E-state index in [0.29, 0.717) is 38.5 Å². The van der Waals surface area contributed by atoms with Crippen LogP contribution in [-0.4, -0.2) is 88.0 Å². The van der Waals surface area contributed by atoms with Crippen molar-refractivity contribution in [1.29, 1.82) is 0 Å². The lowest BCUT2D eigenvalue weighted by atomic mass is 9.78. The molecule has 2 bridgehead atoms. The van der Waals surface area contributed by atoms with Crippen LogP contribution in [-0.2, 0) is 33.3 Å². The molecule has 1 fully saturated rings. The molecule has 54 heavy (non-hydrogen) atoms. The van der Waals surface area contributed by atoms with Crippen LogP contribution in [0.2, 0.25) is 0 Å². The second-order valence-electron chi connectivity index (χ2n) is 16.3. The number of nitrogens with two attached hydrogens (primary N) is 1. The van der Waals surface area contributed by atoms with Gasteiger partial charge in [0.25, 0.3) is 0 Å². The molecule has 0 unspecified atom stereocenters. The molecule has 0 spiro atoms. The molecular weight excluding hydrogens is 694 g/mol. The summed E-state index contributed by atoms with van der Waals surface area (Å²) >= 11 is 0. The number of carbonyl (C=O) groups is 3. The lowest BCUT2D eigenvalue weighted by molar-refractivity contribution is -0.254. The van der Waals surface area contributed by atoms with Gasteiger partial charge in [0.05, 0.1) is 24.7 Å². The molecule has 3 heterocycles. The number of allylic oxidation sites excluding steroid dienone is 2. The number of cyclic esters (lactones) is 1. The number of amides is 1. The van der Waals surface area contributed by atoms with E-state index in [1.165, 1.54) is 0 Å². The van der Waals surface area contributed by atoms with E-state index in [1.54, 1.807) is 6.92 Å². The fourth-order valence-corrected chi connectivity index (χ4v) is 8.38. The summed E-state index contributed by atoms with van der Waals surface area (Å²) in [6.45, 7) is 17.4. The van der Waals surface area contributed by atoms with Crippen molar-refractivity contribution in [2.45, 2.75) is 181 Å². The lowest BCUT2D eigenvalue weighted by Crippen LogP contribution is -2.50. The maximum Gasteiger partial charge on any atom is 0.404 e. The van der Waals surface area contributed by atoms with Crippen LogP contribution in [0, 0.1) is 29.6 Å². The normalized spacial score (nSPS) is 36.5. The Bertz CT molecular complexity index is 1330. The smallest absolute Gasteiger partial charge is 0.404 e. The standard InChI is InChI=1S/C42H69NO11/c1-10-32(33(44)11-2)37(46)27(6)21-29(8)39-28(7)20-24(3)16-17-31(51-36-22-34(52-41(43)48)38(47)30(9)50-36)15-13-12-14-25(4)40-26(5)18-19-42(49,54-40)23-35(45)53-39/h14,16-18,24,27-32,34,36-40,46-47,49H,10-13,15,19-23H2,1-9H3,(H2,43,48)/b17-16?,25-14+/t24-,27+,28+,29+,30+,31+,32+,34+,36-,37-,38+,39-,40+,42+/m0/s1. The Hall–Kier alpha value is -2.61. The van der Waals surface area contributed by atoms with Gasteiger partial charge in [-0.1, -0.05) is 65.8 Å². The molecule has 0 aliphatic carbocycles. The third kappa shape index (κ3) is 13.3. The Labute approximate surface area is 322 Å². The Balaban J connectivity index is 1.90. The Kier molecular flexibility index (Phi) is 17.9. The van der Waals surface area contributed by atoms with Gasteiger partial charge in [-0.2, -0.15) is 0 Å². The Morgan fingerprint density at radius 2 is 1.76 bits per heavy atom. The number of primary amides is 1. The maximum absolute atomic E-state index is 13.7. The summed E-state index contributed by atoms with van der Waals surface area (Å²) in [4.78, 5) is 37.8. The first kappa shape index (κ1) is 45.8. The molecule has 3 aliphatic rings. The lowest BCUT2D eigenvalue weighted by Gasteiger charge is -2.38. The minimum atomic E-state index is -1.73. The predicted octanol–water partition coefficient (Wildman–Crippen LogP) is 6.43. The zero-order valence-electron chi connectivity index (χ0n) is 34.1. The van der Waals surface area contributed by atoms with Gasteiger partial charge >= 0.3 is 12.1 Å². The molecule has 0 aromatic rings. The summed E-state index contributed by atoms with van der Waals surface area (Å²) < 4.78 is 30.1. The van der Waals surface area contributed by atoms with Gasteiger partial charge in [0.2, 0.25) is 0 Å². The molecular formula is C42H69NO11. The minimum Gasteiger partial charge on any atom is -0.462 e. The van der Waals surface area contributed by atoms with Crippen LogP contribution in [0.4, 0.5) is 4.79 Å². The Morgan fingerprint density at radius 1 is 1.07 bits per heavy atom. The number of carbonyl (C=O) groups excluding carboxylic acids is 3. The summed E-state index contributed by atoms with van der Waals surface area (Å²) in [5.41, 5.74) is 7.14. The summed E-state index contributed by atoms with van der Waals surface area (Å²) in [6, 6.07) is 0. The third-order valence-corrected chi connectivity index (χ3v) is 11.5. The third-order valence-electron chi connectivity index (χ3n) is 11.5. The molecule has 0 saturated carbocycles. The van der Waals surface area contributed by atoms with E-state index >= 15 is 0 Å². The van der Waals surface area contributed by atoms with Gasteiger partial charge in [-0.15, -0.1) is 0 Å². The topological polar surface area (TPSA) is 184 Å². The first-order valence-electron chi connectivity index (χ1n) is 20.1. The average molecular weight is 764 g/mol. The number of rotatable bonds is 11. The van der Waals surface area contributed by atoms with Crippen molar-refractivity contribution in [2.75, 3.05) is 0 Å². The van der Waals surface area contributed by atoms with Gasteiger partial charge in [0.1, 0.15) is 30.2 Å². The molecule has 3 rings (SSSR count). The number of aliphatic hydroxyl groups is 3. The van der Waals surface area contributed by atoms with Crippen molar-refractivity contribution in [3.8, 4) is 0 Å². The van der Waals surface area contributed by atoms with Crippen molar-refractivity contribution in [3.63, 3.8) is 0 Å². The minimum absolute atomic E-state index is 0.0396. The second kappa shape index (κ2) is 21.1. The van der Waals surface area contributed by atoms with Crippen molar-refractivity contribution >= 4 is 17.8 Å². The highest BCUT2D eigenvalue weighted by molar-refractivity contribution is 5.81. The highest BCUT2D eigenvalue weighted by atomic mass is 16.7. The number of aliphatic hydroxyl groups excluding tert-OH is 2. The second-order valence-corrected chi connectivity index (χ2v) is 16.3. The van der Waals surface area contributed by atoms with E-state index in [1.807, 2.05) is 60.6 Å². The monoisotopic (exact) mass is 763 g/mol. The van der Waals surface area contributed by atoms with Gasteiger partial charge in [0, 0.05) is 25.2 Å². The summed E-state index contributed by atoms with van der Waals surface area (Å²) in [5.74, 6) is -3.14. The first-order chi connectivity index (χ1) is 25.4. The summed E-state index contributed by atoms with van der Waals surface area (Å²) in [7, 11) is 0. The zero-order chi connectivity index (χ0) is 40.3. The number of ether oxygens (including phenoxy) is 5. The van der Waals surface area contributed by atoms with Gasteiger partial charge < -0.3 is 44.7 Å². The molecule has 5 N–H and O–H groups in total.